The molecule has 0 aromatic heterocycles. The topological polar surface area (TPSA) is 71.1 Å². The molecule has 1 aliphatic heterocycles. The van der Waals surface area contributed by atoms with E-state index in [1.807, 2.05) is 61.5 Å². The molecule has 0 unspecified atom stereocenters. The molecule has 1 heterocycles. The van der Waals surface area contributed by atoms with Crippen molar-refractivity contribution in [3.8, 4) is 0 Å². The third-order valence-electron chi connectivity index (χ3n) is 4.59. The van der Waals surface area contributed by atoms with Crippen molar-refractivity contribution in [1.29, 1.82) is 0 Å². The highest BCUT2D eigenvalue weighted by Crippen LogP contribution is 2.41. The highest BCUT2D eigenvalue weighted by Gasteiger charge is 2.63. The van der Waals surface area contributed by atoms with Crippen LogP contribution in [-0.2, 0) is 35.0 Å². The van der Waals surface area contributed by atoms with Gasteiger partial charge in [0.2, 0.25) is 0 Å². The summed E-state index contributed by atoms with van der Waals surface area (Å²) in [6.07, 6.45) is -1.50. The van der Waals surface area contributed by atoms with E-state index >= 15 is 0 Å². The van der Waals surface area contributed by atoms with E-state index in [0.717, 1.165) is 11.1 Å². The first kappa shape index (κ1) is 19.1. The van der Waals surface area contributed by atoms with Crippen molar-refractivity contribution in [2.75, 3.05) is 14.2 Å². The van der Waals surface area contributed by atoms with Gasteiger partial charge in [0.1, 0.15) is 6.10 Å². The summed E-state index contributed by atoms with van der Waals surface area (Å²) in [4.78, 5) is 25.3. The minimum Gasteiger partial charge on any atom is -0.466 e. The Morgan fingerprint density at radius 1 is 1.00 bits per heavy atom. The van der Waals surface area contributed by atoms with Crippen LogP contribution in [0.3, 0.4) is 0 Å². The van der Waals surface area contributed by atoms with Gasteiger partial charge in [0.05, 0.1) is 14.2 Å². The largest absolute Gasteiger partial charge is 0.466 e. The maximum Gasteiger partial charge on any atom is 0.353 e. The molecule has 1 fully saturated rings. The monoisotopic (exact) mass is 370 g/mol. The van der Waals surface area contributed by atoms with Crippen molar-refractivity contribution < 1.29 is 28.5 Å². The fourth-order valence-corrected chi connectivity index (χ4v) is 3.25. The summed E-state index contributed by atoms with van der Waals surface area (Å²) in [6, 6.07) is 16.9. The van der Waals surface area contributed by atoms with Crippen LogP contribution in [0.4, 0.5) is 0 Å². The van der Waals surface area contributed by atoms with E-state index < -0.39 is 29.9 Å². The van der Waals surface area contributed by atoms with E-state index in [9.17, 15) is 9.59 Å². The number of hydrogen-bond acceptors (Lipinski definition) is 6. The van der Waals surface area contributed by atoms with Crippen LogP contribution < -0.4 is 0 Å². The zero-order valence-electron chi connectivity index (χ0n) is 15.5. The molecule has 3 rings (SSSR count). The Labute approximate surface area is 158 Å². The van der Waals surface area contributed by atoms with Crippen LogP contribution in [0.2, 0.25) is 0 Å². The Morgan fingerprint density at radius 2 is 1.67 bits per heavy atom. The molecular weight excluding hydrogens is 348 g/mol. The van der Waals surface area contributed by atoms with Crippen LogP contribution in [-0.4, -0.2) is 37.9 Å². The summed E-state index contributed by atoms with van der Waals surface area (Å²) < 4.78 is 21.7. The number of carbonyl (C=O) groups excluding carboxylic acids is 2. The smallest absolute Gasteiger partial charge is 0.353 e. The normalized spacial score (nSPS) is 20.9. The third kappa shape index (κ3) is 3.59. The number of benzene rings is 2. The molecule has 0 radical (unpaired) electrons. The first-order chi connectivity index (χ1) is 13.0. The number of rotatable bonds is 5. The fraction of sp³-hybridized carbons (Fsp3) is 0.333. The minimum atomic E-state index is -1.99. The van der Waals surface area contributed by atoms with Gasteiger partial charge >= 0.3 is 11.9 Å². The van der Waals surface area contributed by atoms with Gasteiger partial charge in [-0.25, -0.2) is 9.59 Å². The van der Waals surface area contributed by atoms with Crippen molar-refractivity contribution in [3.63, 3.8) is 0 Å². The maximum atomic E-state index is 12.7. The van der Waals surface area contributed by atoms with E-state index in [1.165, 1.54) is 14.2 Å². The van der Waals surface area contributed by atoms with Gasteiger partial charge in [-0.15, -0.1) is 0 Å². The van der Waals surface area contributed by atoms with Crippen LogP contribution in [0, 0.1) is 6.92 Å². The van der Waals surface area contributed by atoms with Gasteiger partial charge < -0.3 is 18.9 Å². The average molecular weight is 370 g/mol. The lowest BCUT2D eigenvalue weighted by Gasteiger charge is -2.26. The lowest BCUT2D eigenvalue weighted by molar-refractivity contribution is -0.188. The molecular formula is C21H22O6. The first-order valence-electron chi connectivity index (χ1n) is 8.62. The van der Waals surface area contributed by atoms with Crippen molar-refractivity contribution in [2.24, 2.45) is 0 Å². The summed E-state index contributed by atoms with van der Waals surface area (Å²) in [7, 11) is 2.41. The van der Waals surface area contributed by atoms with E-state index in [1.54, 1.807) is 0 Å². The summed E-state index contributed by atoms with van der Waals surface area (Å²) in [5.41, 5.74) is 0.622. The van der Waals surface area contributed by atoms with Crippen LogP contribution in [0.1, 0.15) is 23.0 Å². The standard InChI is InChI=1S/C21H22O6/c1-14-8-7-11-16(12-14)18-26-17(13-15-9-5-4-6-10-15)21(27-18,19(22)24-2)20(23)25-3/h4-12,17-18H,13H2,1-3H3/t17-,18-/m0/s1. The van der Waals surface area contributed by atoms with E-state index in [4.69, 9.17) is 18.9 Å². The lowest BCUT2D eigenvalue weighted by atomic mass is 9.91. The van der Waals surface area contributed by atoms with Gasteiger partial charge in [-0.1, -0.05) is 60.2 Å². The summed E-state index contributed by atoms with van der Waals surface area (Å²) in [6.45, 7) is 1.94. The van der Waals surface area contributed by atoms with Crippen LogP contribution >= 0.6 is 0 Å². The number of carbonyl (C=O) groups is 2. The number of ether oxygens (including phenoxy) is 4. The van der Waals surface area contributed by atoms with Gasteiger partial charge in [-0.2, -0.15) is 0 Å². The quantitative estimate of drug-likeness (QED) is 0.595. The van der Waals surface area contributed by atoms with E-state index in [2.05, 4.69) is 0 Å². The molecule has 2 atom stereocenters. The first-order valence-corrected chi connectivity index (χ1v) is 8.62. The van der Waals surface area contributed by atoms with Gasteiger partial charge in [0.25, 0.3) is 5.60 Å². The highest BCUT2D eigenvalue weighted by atomic mass is 16.8. The lowest BCUT2D eigenvalue weighted by Crippen LogP contribution is -2.56. The Hall–Kier alpha value is -2.70. The highest BCUT2D eigenvalue weighted by molar-refractivity contribution is 6.04. The third-order valence-corrected chi connectivity index (χ3v) is 4.59. The summed E-state index contributed by atoms with van der Waals surface area (Å²) in [5.74, 6) is -1.68. The van der Waals surface area contributed by atoms with Gasteiger partial charge in [0, 0.05) is 12.0 Å². The molecule has 0 aliphatic carbocycles. The predicted molar refractivity (Wildman–Crippen MR) is 96.8 cm³/mol. The fourth-order valence-electron chi connectivity index (χ4n) is 3.25. The van der Waals surface area contributed by atoms with Gasteiger partial charge in [0.15, 0.2) is 6.29 Å². The van der Waals surface area contributed by atoms with Crippen molar-refractivity contribution in [1.82, 2.24) is 0 Å². The molecule has 0 saturated carbocycles. The van der Waals surface area contributed by atoms with Crippen LogP contribution in [0.25, 0.3) is 0 Å². The SMILES string of the molecule is COC(=O)C1(C(=O)OC)O[C@@H](c2cccc(C)c2)O[C@H]1Cc1ccccc1. The molecule has 2 aromatic carbocycles. The number of aryl methyl sites for hydroxylation is 1. The second-order valence-electron chi connectivity index (χ2n) is 6.40. The van der Waals surface area contributed by atoms with E-state index in [-0.39, 0.29) is 6.42 Å². The van der Waals surface area contributed by atoms with Crippen LogP contribution in [0.15, 0.2) is 54.6 Å². The molecule has 2 aromatic rings. The zero-order valence-corrected chi connectivity index (χ0v) is 15.5. The van der Waals surface area contributed by atoms with Gasteiger partial charge in [-0.3, -0.25) is 0 Å². The molecule has 6 nitrogen and oxygen atoms in total. The molecule has 0 amide bonds. The van der Waals surface area contributed by atoms with Crippen LogP contribution in [0.5, 0.6) is 0 Å². The number of hydrogen-bond donors (Lipinski definition) is 0. The molecule has 6 heteroatoms. The second kappa shape index (κ2) is 7.90. The number of methoxy groups -OCH3 is 2. The van der Waals surface area contributed by atoms with Gasteiger partial charge in [-0.05, 0) is 12.5 Å². The Kier molecular flexibility index (Phi) is 5.58. The predicted octanol–water partition coefficient (Wildman–Crippen LogP) is 2.74. The minimum absolute atomic E-state index is 0.285. The molecule has 0 bridgehead atoms. The average Bonchev–Trinajstić information content (AvgIpc) is 3.08. The number of esters is 2. The summed E-state index contributed by atoms with van der Waals surface area (Å²) >= 11 is 0. The van der Waals surface area contributed by atoms with E-state index in [0.29, 0.717) is 5.56 Å². The maximum absolute atomic E-state index is 12.7. The Bertz CT molecular complexity index is 800. The summed E-state index contributed by atoms with van der Waals surface area (Å²) in [5, 5.41) is 0. The molecule has 0 N–H and O–H groups in total. The van der Waals surface area contributed by atoms with Crippen molar-refractivity contribution in [3.05, 3.63) is 71.3 Å². The zero-order chi connectivity index (χ0) is 19.4. The van der Waals surface area contributed by atoms with Crippen molar-refractivity contribution in [2.45, 2.75) is 31.3 Å². The molecule has 0 spiro atoms. The second-order valence-corrected chi connectivity index (χ2v) is 6.40. The Balaban J connectivity index is 2.02. The van der Waals surface area contributed by atoms with Crippen molar-refractivity contribution >= 4 is 11.9 Å². The molecule has 142 valence electrons. The molecule has 1 aliphatic rings. The molecule has 27 heavy (non-hydrogen) atoms. The Morgan fingerprint density at radius 3 is 2.26 bits per heavy atom. The molecule has 1 saturated heterocycles.